The number of nitriles is 1. The number of aromatic nitrogens is 1. The first kappa shape index (κ1) is 12.4. The molecule has 0 radical (unpaired) electrons. The predicted octanol–water partition coefficient (Wildman–Crippen LogP) is 3.79. The number of aryl methyl sites for hydroxylation is 2. The minimum atomic E-state index is 0.624. The van der Waals surface area contributed by atoms with Gasteiger partial charge in [0.25, 0.3) is 0 Å². The van der Waals surface area contributed by atoms with E-state index < -0.39 is 0 Å². The molecule has 1 aromatic carbocycles. The quantitative estimate of drug-likeness (QED) is 0.828. The van der Waals surface area contributed by atoms with Crippen LogP contribution in [0.15, 0.2) is 30.3 Å². The highest BCUT2D eigenvalue weighted by Gasteiger charge is 2.16. The van der Waals surface area contributed by atoms with Crippen LogP contribution in [0, 0.1) is 14.9 Å². The Morgan fingerprint density at radius 2 is 2.00 bits per heavy atom. The number of anilines is 2. The smallest absolute Gasteiger partial charge is 0.148 e. The minimum Gasteiger partial charge on any atom is -0.339 e. The summed E-state index contributed by atoms with van der Waals surface area (Å²) in [6, 6.07) is 12.3. The molecule has 1 aliphatic rings. The zero-order valence-electron chi connectivity index (χ0n) is 10.3. The third-order valence-corrected chi connectivity index (χ3v) is 4.00. The topological polar surface area (TPSA) is 48.7 Å². The van der Waals surface area contributed by atoms with Gasteiger partial charge in [0.15, 0.2) is 0 Å². The molecule has 0 spiro atoms. The lowest BCUT2D eigenvalue weighted by molar-refractivity contribution is 0.900. The molecule has 0 unspecified atom stereocenters. The van der Waals surface area contributed by atoms with E-state index >= 15 is 0 Å². The maximum Gasteiger partial charge on any atom is 0.148 e. The molecule has 0 aliphatic heterocycles. The summed E-state index contributed by atoms with van der Waals surface area (Å²) in [6.45, 7) is 0. The summed E-state index contributed by atoms with van der Waals surface area (Å²) in [5.74, 6) is 0.671. The molecule has 0 amide bonds. The van der Waals surface area contributed by atoms with Crippen molar-refractivity contribution in [3.63, 3.8) is 0 Å². The number of hydrogen-bond acceptors (Lipinski definition) is 3. The highest BCUT2D eigenvalue weighted by Crippen LogP contribution is 2.26. The number of hydrogen-bond donors (Lipinski definition) is 1. The highest BCUT2D eigenvalue weighted by molar-refractivity contribution is 14.1. The van der Waals surface area contributed by atoms with Crippen molar-refractivity contribution in [1.82, 2.24) is 4.98 Å². The number of benzene rings is 1. The van der Waals surface area contributed by atoms with Gasteiger partial charge in [-0.15, -0.1) is 0 Å². The molecule has 1 aliphatic carbocycles. The van der Waals surface area contributed by atoms with E-state index in [0.717, 1.165) is 30.6 Å². The number of rotatable bonds is 2. The van der Waals surface area contributed by atoms with E-state index in [1.54, 1.807) is 0 Å². The number of halogens is 1. The SMILES string of the molecule is N#Cc1cc2c(nc1Nc1ccc(I)cc1)CCC2. The molecular weight excluding hydrogens is 349 g/mol. The zero-order valence-corrected chi connectivity index (χ0v) is 12.4. The van der Waals surface area contributed by atoms with Gasteiger partial charge in [0, 0.05) is 15.0 Å². The van der Waals surface area contributed by atoms with Crippen molar-refractivity contribution in [3.8, 4) is 6.07 Å². The summed E-state index contributed by atoms with van der Waals surface area (Å²) in [5.41, 5.74) is 3.94. The van der Waals surface area contributed by atoms with Gasteiger partial charge >= 0.3 is 0 Å². The molecule has 0 bridgehead atoms. The van der Waals surface area contributed by atoms with Crippen LogP contribution in [-0.2, 0) is 12.8 Å². The largest absolute Gasteiger partial charge is 0.339 e. The summed E-state index contributed by atoms with van der Waals surface area (Å²) in [6.07, 6.45) is 3.20. The monoisotopic (exact) mass is 361 g/mol. The van der Waals surface area contributed by atoms with Crippen LogP contribution in [0.1, 0.15) is 23.2 Å². The third-order valence-electron chi connectivity index (χ3n) is 3.28. The third kappa shape index (κ3) is 2.56. The zero-order chi connectivity index (χ0) is 13.2. The average Bonchev–Trinajstić information content (AvgIpc) is 2.87. The van der Waals surface area contributed by atoms with Gasteiger partial charge in [-0.25, -0.2) is 4.98 Å². The van der Waals surface area contributed by atoms with E-state index in [2.05, 4.69) is 39.0 Å². The maximum absolute atomic E-state index is 9.24. The second-order valence-electron chi connectivity index (χ2n) is 4.59. The normalized spacial score (nSPS) is 12.8. The number of fused-ring (bicyclic) bond motifs is 1. The number of nitrogens with zero attached hydrogens (tertiary/aromatic N) is 2. The van der Waals surface area contributed by atoms with Crippen LogP contribution in [0.4, 0.5) is 11.5 Å². The van der Waals surface area contributed by atoms with Crippen LogP contribution in [0.2, 0.25) is 0 Å². The molecule has 0 fully saturated rings. The van der Waals surface area contributed by atoms with Crippen molar-refractivity contribution < 1.29 is 0 Å². The molecule has 3 nitrogen and oxygen atoms in total. The Labute approximate surface area is 125 Å². The Kier molecular flexibility index (Phi) is 3.38. The molecule has 1 heterocycles. The summed E-state index contributed by atoms with van der Waals surface area (Å²) >= 11 is 2.27. The number of pyridine rings is 1. The van der Waals surface area contributed by atoms with E-state index in [9.17, 15) is 5.26 Å². The Hall–Kier alpha value is -1.61. The molecule has 94 valence electrons. The van der Waals surface area contributed by atoms with Crippen LogP contribution in [0.25, 0.3) is 0 Å². The highest BCUT2D eigenvalue weighted by atomic mass is 127. The fourth-order valence-corrected chi connectivity index (χ4v) is 2.68. The van der Waals surface area contributed by atoms with Crippen molar-refractivity contribution in [1.29, 1.82) is 5.26 Å². The fraction of sp³-hybridized carbons (Fsp3) is 0.200. The summed E-state index contributed by atoms with van der Waals surface area (Å²) in [7, 11) is 0. The van der Waals surface area contributed by atoms with Crippen LogP contribution >= 0.6 is 22.6 Å². The molecule has 0 saturated carbocycles. The van der Waals surface area contributed by atoms with Gasteiger partial charge in [-0.1, -0.05) is 0 Å². The van der Waals surface area contributed by atoms with Gasteiger partial charge in [0.1, 0.15) is 11.9 Å². The molecular formula is C15H12IN3. The van der Waals surface area contributed by atoms with Crippen molar-refractivity contribution in [2.24, 2.45) is 0 Å². The van der Waals surface area contributed by atoms with Crippen molar-refractivity contribution >= 4 is 34.1 Å². The second-order valence-corrected chi connectivity index (χ2v) is 5.83. The Morgan fingerprint density at radius 3 is 2.74 bits per heavy atom. The van der Waals surface area contributed by atoms with Crippen LogP contribution in [0.3, 0.4) is 0 Å². The van der Waals surface area contributed by atoms with Gasteiger partial charge in [0.05, 0.1) is 5.56 Å². The summed E-state index contributed by atoms with van der Waals surface area (Å²) < 4.78 is 1.19. The molecule has 2 aromatic rings. The molecule has 1 N–H and O–H groups in total. The number of nitrogens with one attached hydrogen (secondary N) is 1. The molecule has 1 aromatic heterocycles. The van der Waals surface area contributed by atoms with Crippen LogP contribution in [0.5, 0.6) is 0 Å². The van der Waals surface area contributed by atoms with Gasteiger partial charge in [-0.3, -0.25) is 0 Å². The molecule has 4 heteroatoms. The van der Waals surface area contributed by atoms with E-state index in [1.165, 1.54) is 9.13 Å². The lowest BCUT2D eigenvalue weighted by atomic mass is 10.1. The fourth-order valence-electron chi connectivity index (χ4n) is 2.32. The first-order valence-electron chi connectivity index (χ1n) is 6.22. The first-order chi connectivity index (χ1) is 9.26. The molecule has 0 atom stereocenters. The first-order valence-corrected chi connectivity index (χ1v) is 7.29. The lowest BCUT2D eigenvalue weighted by Crippen LogP contribution is -2.00. The minimum absolute atomic E-state index is 0.624. The molecule has 0 saturated heterocycles. The average molecular weight is 361 g/mol. The maximum atomic E-state index is 9.24. The van der Waals surface area contributed by atoms with Gasteiger partial charge in [-0.05, 0) is 77.7 Å². The van der Waals surface area contributed by atoms with Crippen LogP contribution in [-0.4, -0.2) is 4.98 Å². The molecule has 3 rings (SSSR count). The van der Waals surface area contributed by atoms with Crippen LogP contribution < -0.4 is 5.32 Å². The predicted molar refractivity (Wildman–Crippen MR) is 83.4 cm³/mol. The molecule has 19 heavy (non-hydrogen) atoms. The van der Waals surface area contributed by atoms with E-state index in [1.807, 2.05) is 30.3 Å². The van der Waals surface area contributed by atoms with Crippen molar-refractivity contribution in [3.05, 3.63) is 50.7 Å². The van der Waals surface area contributed by atoms with E-state index in [0.29, 0.717) is 11.4 Å². The Balaban J connectivity index is 1.96. The van der Waals surface area contributed by atoms with Gasteiger partial charge < -0.3 is 5.32 Å². The standard InChI is InChI=1S/C15H12IN3/c16-12-4-6-13(7-5-12)18-15-11(9-17)8-10-2-1-3-14(10)19-15/h4-8H,1-3H2,(H,18,19). The summed E-state index contributed by atoms with van der Waals surface area (Å²) in [4.78, 5) is 4.61. The second kappa shape index (κ2) is 5.17. The van der Waals surface area contributed by atoms with E-state index in [-0.39, 0.29) is 0 Å². The van der Waals surface area contributed by atoms with Crippen molar-refractivity contribution in [2.75, 3.05) is 5.32 Å². The van der Waals surface area contributed by atoms with Crippen molar-refractivity contribution in [2.45, 2.75) is 19.3 Å². The van der Waals surface area contributed by atoms with E-state index in [4.69, 9.17) is 0 Å². The Morgan fingerprint density at radius 1 is 1.21 bits per heavy atom. The summed E-state index contributed by atoms with van der Waals surface area (Å²) in [5, 5.41) is 12.5. The van der Waals surface area contributed by atoms with Gasteiger partial charge in [-0.2, -0.15) is 5.26 Å². The van der Waals surface area contributed by atoms with Gasteiger partial charge in [0.2, 0.25) is 0 Å². The lowest BCUT2D eigenvalue weighted by Gasteiger charge is -2.09. The Bertz CT molecular complexity index is 656.